The Hall–Kier alpha value is -1.95. The molecule has 1 aliphatic carbocycles. The lowest BCUT2D eigenvalue weighted by Gasteiger charge is -2.16. The summed E-state index contributed by atoms with van der Waals surface area (Å²) in [5.74, 6) is -0.191. The highest BCUT2D eigenvalue weighted by atomic mass is 32.1. The maximum absolute atomic E-state index is 12.3. The van der Waals surface area contributed by atoms with E-state index in [1.807, 2.05) is 11.9 Å². The molecule has 2 rings (SSSR count). The number of nitrogens with zero attached hydrogens (tertiary/aromatic N) is 2. The van der Waals surface area contributed by atoms with Gasteiger partial charge in [0.05, 0.1) is 12.1 Å². The molecule has 7 nitrogen and oxygen atoms in total. The van der Waals surface area contributed by atoms with Crippen molar-refractivity contribution >= 4 is 28.2 Å². The third-order valence-corrected chi connectivity index (χ3v) is 5.72. The van der Waals surface area contributed by atoms with Crippen LogP contribution in [0.2, 0.25) is 0 Å². The molecule has 0 saturated carbocycles. The van der Waals surface area contributed by atoms with E-state index in [0.717, 1.165) is 37.7 Å². The van der Waals surface area contributed by atoms with E-state index in [-0.39, 0.29) is 24.8 Å². The molecule has 27 heavy (non-hydrogen) atoms. The van der Waals surface area contributed by atoms with Crippen LogP contribution in [0.5, 0.6) is 0 Å². The summed E-state index contributed by atoms with van der Waals surface area (Å²) in [5, 5.41) is 15.8. The molecule has 0 aliphatic heterocycles. The van der Waals surface area contributed by atoms with E-state index >= 15 is 0 Å². The average Bonchev–Trinajstić information content (AvgIpc) is 3.00. The third kappa shape index (κ3) is 6.61. The van der Waals surface area contributed by atoms with Crippen molar-refractivity contribution < 1.29 is 14.3 Å². The number of thiophene rings is 1. The minimum Gasteiger partial charge on any atom is -0.385 e. The number of hydrogen-bond donors (Lipinski definition) is 2. The van der Waals surface area contributed by atoms with Crippen LogP contribution in [0.4, 0.5) is 5.00 Å². The Labute approximate surface area is 164 Å². The van der Waals surface area contributed by atoms with Gasteiger partial charge in [-0.2, -0.15) is 5.26 Å². The number of likely N-dealkylation sites (N-methyl/N-ethyl adjacent to an activating group) is 1. The Bertz CT molecular complexity index is 696. The van der Waals surface area contributed by atoms with Gasteiger partial charge in [0.1, 0.15) is 11.1 Å². The van der Waals surface area contributed by atoms with Crippen molar-refractivity contribution in [1.29, 1.82) is 5.26 Å². The molecular weight excluding hydrogens is 364 g/mol. The third-order valence-electron chi connectivity index (χ3n) is 4.52. The quantitative estimate of drug-likeness (QED) is 0.593. The number of carbonyl (C=O) groups is 2. The molecule has 2 N–H and O–H groups in total. The van der Waals surface area contributed by atoms with Crippen molar-refractivity contribution in [2.75, 3.05) is 45.7 Å². The van der Waals surface area contributed by atoms with Gasteiger partial charge in [-0.25, -0.2) is 0 Å². The predicted octanol–water partition coefficient (Wildman–Crippen LogP) is 1.91. The van der Waals surface area contributed by atoms with Crippen LogP contribution >= 0.6 is 11.3 Å². The summed E-state index contributed by atoms with van der Waals surface area (Å²) in [4.78, 5) is 27.1. The molecule has 0 unspecified atom stereocenters. The fraction of sp³-hybridized carbons (Fsp3) is 0.632. The molecule has 0 aromatic carbocycles. The minimum atomic E-state index is -0.127. The first-order valence-electron chi connectivity index (χ1n) is 9.33. The zero-order valence-corrected chi connectivity index (χ0v) is 16.9. The summed E-state index contributed by atoms with van der Waals surface area (Å²) < 4.78 is 4.94. The number of aryl methyl sites for hydroxylation is 1. The zero-order valence-electron chi connectivity index (χ0n) is 16.1. The SMILES string of the molecule is COCCCNC(=O)CN(C)CCC(=O)Nc1sc2c(c1C#N)CCCC2. The van der Waals surface area contributed by atoms with E-state index in [2.05, 4.69) is 16.7 Å². The largest absolute Gasteiger partial charge is 0.385 e. The van der Waals surface area contributed by atoms with Crippen molar-refractivity contribution in [3.63, 3.8) is 0 Å². The van der Waals surface area contributed by atoms with Crippen LogP contribution in [0.15, 0.2) is 0 Å². The van der Waals surface area contributed by atoms with Gasteiger partial charge < -0.3 is 15.4 Å². The first kappa shape index (κ1) is 21.4. The molecule has 8 heteroatoms. The molecule has 0 radical (unpaired) electrons. The van der Waals surface area contributed by atoms with E-state index in [4.69, 9.17) is 4.74 Å². The predicted molar refractivity (Wildman–Crippen MR) is 106 cm³/mol. The number of amides is 2. The van der Waals surface area contributed by atoms with Crippen molar-refractivity contribution in [2.45, 2.75) is 38.5 Å². The van der Waals surface area contributed by atoms with Crippen LogP contribution in [-0.2, 0) is 27.2 Å². The Balaban J connectivity index is 1.75. The molecule has 1 aromatic heterocycles. The van der Waals surface area contributed by atoms with Crippen LogP contribution in [0, 0.1) is 11.3 Å². The van der Waals surface area contributed by atoms with Crippen LogP contribution in [-0.4, -0.2) is 57.1 Å². The van der Waals surface area contributed by atoms with Gasteiger partial charge in [0.25, 0.3) is 0 Å². The molecule has 0 spiro atoms. The van der Waals surface area contributed by atoms with Crippen LogP contribution in [0.25, 0.3) is 0 Å². The van der Waals surface area contributed by atoms with Crippen LogP contribution in [0.1, 0.15) is 41.7 Å². The lowest BCUT2D eigenvalue weighted by Crippen LogP contribution is -2.37. The molecule has 1 heterocycles. The van der Waals surface area contributed by atoms with Gasteiger partial charge in [0.15, 0.2) is 0 Å². The van der Waals surface area contributed by atoms with E-state index in [1.165, 1.54) is 16.2 Å². The Morgan fingerprint density at radius 3 is 2.81 bits per heavy atom. The van der Waals surface area contributed by atoms with Gasteiger partial charge in [-0.3, -0.25) is 14.5 Å². The minimum absolute atomic E-state index is 0.0632. The number of carbonyl (C=O) groups excluding carboxylic acids is 2. The summed E-state index contributed by atoms with van der Waals surface area (Å²) >= 11 is 1.53. The topological polar surface area (TPSA) is 94.5 Å². The highest BCUT2D eigenvalue weighted by molar-refractivity contribution is 7.16. The van der Waals surface area contributed by atoms with Crippen molar-refractivity contribution in [3.8, 4) is 6.07 Å². The second-order valence-corrected chi connectivity index (χ2v) is 7.86. The summed E-state index contributed by atoms with van der Waals surface area (Å²) in [6, 6.07) is 2.25. The molecule has 0 saturated heterocycles. The Kier molecular flexibility index (Phi) is 8.72. The zero-order chi connectivity index (χ0) is 19.6. The smallest absolute Gasteiger partial charge is 0.234 e. The first-order valence-corrected chi connectivity index (χ1v) is 10.2. The monoisotopic (exact) mass is 392 g/mol. The second-order valence-electron chi connectivity index (χ2n) is 6.76. The molecule has 148 valence electrons. The lowest BCUT2D eigenvalue weighted by molar-refractivity contribution is -0.122. The van der Waals surface area contributed by atoms with Crippen molar-refractivity contribution in [2.24, 2.45) is 0 Å². The highest BCUT2D eigenvalue weighted by Gasteiger charge is 2.21. The van der Waals surface area contributed by atoms with Crippen LogP contribution in [0.3, 0.4) is 0 Å². The second kappa shape index (κ2) is 11.0. The van der Waals surface area contributed by atoms with Gasteiger partial charge >= 0.3 is 0 Å². The molecule has 1 aromatic rings. The lowest BCUT2D eigenvalue weighted by atomic mass is 9.96. The molecule has 0 bridgehead atoms. The van der Waals surface area contributed by atoms with Gasteiger partial charge in [-0.15, -0.1) is 11.3 Å². The molecule has 0 atom stereocenters. The van der Waals surface area contributed by atoms with Gasteiger partial charge in [-0.05, 0) is 44.7 Å². The first-order chi connectivity index (χ1) is 13.0. The van der Waals surface area contributed by atoms with E-state index in [0.29, 0.717) is 30.3 Å². The number of nitrogens with one attached hydrogen (secondary N) is 2. The Morgan fingerprint density at radius 2 is 2.07 bits per heavy atom. The number of anilines is 1. The average molecular weight is 393 g/mol. The van der Waals surface area contributed by atoms with E-state index < -0.39 is 0 Å². The standard InChI is InChI=1S/C19H28N4O3S/c1-23(13-18(25)21-9-5-11-26-2)10-8-17(24)22-19-15(12-20)14-6-3-4-7-16(14)27-19/h3-11,13H2,1-2H3,(H,21,25)(H,22,24). The number of ether oxygens (including phenoxy) is 1. The van der Waals surface area contributed by atoms with E-state index in [9.17, 15) is 14.9 Å². The van der Waals surface area contributed by atoms with Gasteiger partial charge in [0.2, 0.25) is 11.8 Å². The summed E-state index contributed by atoms with van der Waals surface area (Å²) in [6.45, 7) is 1.93. The van der Waals surface area contributed by atoms with Crippen molar-refractivity contribution in [3.05, 3.63) is 16.0 Å². The van der Waals surface area contributed by atoms with Gasteiger partial charge in [0, 0.05) is 38.1 Å². The Morgan fingerprint density at radius 1 is 1.30 bits per heavy atom. The number of methoxy groups -OCH3 is 1. The van der Waals surface area contributed by atoms with Crippen LogP contribution < -0.4 is 10.6 Å². The number of fused-ring (bicyclic) bond motifs is 1. The number of hydrogen-bond acceptors (Lipinski definition) is 6. The molecule has 2 amide bonds. The summed E-state index contributed by atoms with van der Waals surface area (Å²) in [6.07, 6.45) is 5.22. The summed E-state index contributed by atoms with van der Waals surface area (Å²) in [5.41, 5.74) is 1.75. The van der Waals surface area contributed by atoms with Crippen molar-refractivity contribution in [1.82, 2.24) is 10.2 Å². The maximum Gasteiger partial charge on any atom is 0.234 e. The fourth-order valence-electron chi connectivity index (χ4n) is 3.08. The normalized spacial score (nSPS) is 13.1. The fourth-order valence-corrected chi connectivity index (χ4v) is 4.33. The van der Waals surface area contributed by atoms with E-state index in [1.54, 1.807) is 7.11 Å². The maximum atomic E-state index is 12.3. The number of nitriles is 1. The van der Waals surface area contributed by atoms with Gasteiger partial charge in [-0.1, -0.05) is 0 Å². The molecular formula is C19H28N4O3S. The number of rotatable bonds is 10. The molecule has 1 aliphatic rings. The highest BCUT2D eigenvalue weighted by Crippen LogP contribution is 2.37. The summed E-state index contributed by atoms with van der Waals surface area (Å²) in [7, 11) is 3.44. The molecule has 0 fully saturated rings.